The first-order valence-corrected chi connectivity index (χ1v) is 5.31. The first-order chi connectivity index (χ1) is 7.07. The van der Waals surface area contributed by atoms with E-state index in [9.17, 15) is 5.11 Å². The van der Waals surface area contributed by atoms with E-state index in [4.69, 9.17) is 10.3 Å². The molecule has 0 radical (unpaired) electrons. The van der Waals surface area contributed by atoms with Crippen LogP contribution in [0.15, 0.2) is 4.52 Å². The normalized spacial score (nSPS) is 15.2. The maximum absolute atomic E-state index is 9.71. The van der Waals surface area contributed by atoms with Crippen molar-refractivity contribution in [2.45, 2.75) is 45.1 Å². The summed E-state index contributed by atoms with van der Waals surface area (Å²) in [6, 6.07) is 0. The lowest BCUT2D eigenvalue weighted by atomic mass is 10.0. The molecule has 0 spiro atoms. The van der Waals surface area contributed by atoms with Crippen LogP contribution in [0.1, 0.15) is 38.4 Å². The minimum absolute atomic E-state index is 0.180. The van der Waals surface area contributed by atoms with Crippen LogP contribution >= 0.6 is 0 Å². The topological polar surface area (TPSA) is 85.2 Å². The van der Waals surface area contributed by atoms with Crippen LogP contribution in [-0.4, -0.2) is 27.4 Å². The molecule has 5 nitrogen and oxygen atoms in total. The molecular formula is C10H19N3O2. The Morgan fingerprint density at radius 1 is 1.53 bits per heavy atom. The van der Waals surface area contributed by atoms with Crippen molar-refractivity contribution in [2.75, 3.05) is 6.54 Å². The number of aryl methyl sites for hydroxylation is 1. The lowest BCUT2D eigenvalue weighted by Gasteiger charge is -2.17. The molecule has 3 N–H and O–H groups in total. The van der Waals surface area contributed by atoms with Gasteiger partial charge in [-0.3, -0.25) is 0 Å². The Balaban J connectivity index is 2.52. The monoisotopic (exact) mass is 213 g/mol. The minimum atomic E-state index is -0.964. The summed E-state index contributed by atoms with van der Waals surface area (Å²) in [4.78, 5) is 4.19. The first kappa shape index (κ1) is 12.1. The molecular weight excluding hydrogens is 194 g/mol. The van der Waals surface area contributed by atoms with Crippen molar-refractivity contribution in [1.29, 1.82) is 0 Å². The van der Waals surface area contributed by atoms with Crippen molar-refractivity contribution >= 4 is 0 Å². The molecule has 1 atom stereocenters. The third-order valence-corrected chi connectivity index (χ3v) is 2.24. The van der Waals surface area contributed by atoms with Crippen molar-refractivity contribution in [2.24, 2.45) is 5.73 Å². The second-order valence-electron chi connectivity index (χ2n) is 4.09. The van der Waals surface area contributed by atoms with Gasteiger partial charge in [0.15, 0.2) is 5.82 Å². The van der Waals surface area contributed by atoms with E-state index in [1.807, 2.05) is 0 Å². The van der Waals surface area contributed by atoms with Gasteiger partial charge in [-0.15, -0.1) is 0 Å². The SMILES string of the molecule is CCCCc1noc(CC(C)(O)CN)n1. The Labute approximate surface area is 89.7 Å². The van der Waals surface area contributed by atoms with E-state index in [0.29, 0.717) is 18.1 Å². The van der Waals surface area contributed by atoms with Crippen LogP contribution in [0.4, 0.5) is 0 Å². The fraction of sp³-hybridized carbons (Fsp3) is 0.800. The number of unbranched alkanes of at least 4 members (excludes halogenated alkanes) is 1. The summed E-state index contributed by atoms with van der Waals surface area (Å²) in [5.41, 5.74) is 4.44. The molecule has 0 aromatic carbocycles. The van der Waals surface area contributed by atoms with Gasteiger partial charge in [0.05, 0.1) is 12.0 Å². The van der Waals surface area contributed by atoms with Crippen LogP contribution in [0.3, 0.4) is 0 Å². The molecule has 86 valence electrons. The molecule has 1 aromatic heterocycles. The first-order valence-electron chi connectivity index (χ1n) is 5.31. The molecule has 15 heavy (non-hydrogen) atoms. The summed E-state index contributed by atoms with van der Waals surface area (Å²) in [7, 11) is 0. The third kappa shape index (κ3) is 3.97. The van der Waals surface area contributed by atoms with Crippen LogP contribution in [0.2, 0.25) is 0 Å². The molecule has 0 fully saturated rings. The highest BCUT2D eigenvalue weighted by molar-refractivity contribution is 4.92. The highest BCUT2D eigenvalue weighted by Crippen LogP contribution is 2.10. The minimum Gasteiger partial charge on any atom is -0.388 e. The van der Waals surface area contributed by atoms with Crippen molar-refractivity contribution < 1.29 is 9.63 Å². The number of nitrogens with zero attached hydrogens (tertiary/aromatic N) is 2. The van der Waals surface area contributed by atoms with Crippen LogP contribution in [0.5, 0.6) is 0 Å². The highest BCUT2D eigenvalue weighted by atomic mass is 16.5. The molecule has 1 aromatic rings. The van der Waals surface area contributed by atoms with Crippen molar-refractivity contribution in [3.05, 3.63) is 11.7 Å². The van der Waals surface area contributed by atoms with Gasteiger partial charge in [-0.1, -0.05) is 18.5 Å². The molecule has 0 aliphatic rings. The fourth-order valence-electron chi connectivity index (χ4n) is 1.20. The summed E-state index contributed by atoms with van der Waals surface area (Å²) in [6.07, 6.45) is 3.28. The van der Waals surface area contributed by atoms with Gasteiger partial charge in [-0.05, 0) is 13.3 Å². The van der Waals surface area contributed by atoms with E-state index < -0.39 is 5.60 Å². The smallest absolute Gasteiger partial charge is 0.229 e. The third-order valence-electron chi connectivity index (χ3n) is 2.24. The maximum atomic E-state index is 9.71. The summed E-state index contributed by atoms with van der Waals surface area (Å²) in [5.74, 6) is 1.16. The summed E-state index contributed by atoms with van der Waals surface area (Å²) < 4.78 is 5.02. The molecule has 0 aliphatic heterocycles. The molecule has 0 aliphatic carbocycles. The Bertz CT molecular complexity index is 297. The standard InChI is InChI=1S/C10H19N3O2/c1-3-4-5-8-12-9(15-13-8)6-10(2,14)7-11/h14H,3-7,11H2,1-2H3. The molecule has 0 saturated heterocycles. The van der Waals surface area contributed by atoms with Crippen LogP contribution in [0, 0.1) is 0 Å². The molecule has 5 heteroatoms. The predicted molar refractivity (Wildman–Crippen MR) is 56.3 cm³/mol. The molecule has 0 bridgehead atoms. The Morgan fingerprint density at radius 2 is 2.27 bits per heavy atom. The number of rotatable bonds is 6. The van der Waals surface area contributed by atoms with Gasteiger partial charge in [0.25, 0.3) is 0 Å². The van der Waals surface area contributed by atoms with Gasteiger partial charge in [0.1, 0.15) is 0 Å². The summed E-state index contributed by atoms with van der Waals surface area (Å²) in [6.45, 7) is 3.95. The number of aromatic nitrogens is 2. The zero-order valence-electron chi connectivity index (χ0n) is 9.36. The summed E-state index contributed by atoms with van der Waals surface area (Å²) in [5, 5.41) is 13.5. The van der Waals surface area contributed by atoms with Crippen molar-refractivity contribution in [3.63, 3.8) is 0 Å². The van der Waals surface area contributed by atoms with Gasteiger partial charge in [0, 0.05) is 13.0 Å². The molecule has 0 saturated carbocycles. The number of hydrogen-bond donors (Lipinski definition) is 2. The van der Waals surface area contributed by atoms with E-state index in [1.165, 1.54) is 0 Å². The van der Waals surface area contributed by atoms with E-state index in [-0.39, 0.29) is 6.54 Å². The van der Waals surface area contributed by atoms with E-state index in [2.05, 4.69) is 17.1 Å². The lowest BCUT2D eigenvalue weighted by Crippen LogP contribution is -2.36. The van der Waals surface area contributed by atoms with Crippen molar-refractivity contribution in [3.8, 4) is 0 Å². The molecule has 1 heterocycles. The van der Waals surface area contributed by atoms with Crippen molar-refractivity contribution in [1.82, 2.24) is 10.1 Å². The zero-order chi connectivity index (χ0) is 11.3. The largest absolute Gasteiger partial charge is 0.388 e. The second-order valence-corrected chi connectivity index (χ2v) is 4.09. The van der Waals surface area contributed by atoms with Crippen LogP contribution in [0.25, 0.3) is 0 Å². The maximum Gasteiger partial charge on any atom is 0.229 e. The van der Waals surface area contributed by atoms with Crippen LogP contribution < -0.4 is 5.73 Å². The molecule has 1 rings (SSSR count). The average molecular weight is 213 g/mol. The fourth-order valence-corrected chi connectivity index (χ4v) is 1.20. The lowest BCUT2D eigenvalue weighted by molar-refractivity contribution is 0.0610. The van der Waals surface area contributed by atoms with Gasteiger partial charge in [-0.2, -0.15) is 4.98 Å². The quantitative estimate of drug-likeness (QED) is 0.725. The van der Waals surface area contributed by atoms with E-state index in [0.717, 1.165) is 19.3 Å². The Kier molecular flexibility index (Phi) is 4.23. The second kappa shape index (κ2) is 5.23. The van der Waals surface area contributed by atoms with Gasteiger partial charge in [-0.25, -0.2) is 0 Å². The average Bonchev–Trinajstić information content (AvgIpc) is 2.62. The van der Waals surface area contributed by atoms with Crippen LogP contribution in [-0.2, 0) is 12.8 Å². The van der Waals surface area contributed by atoms with Gasteiger partial charge in [0.2, 0.25) is 5.89 Å². The summed E-state index contributed by atoms with van der Waals surface area (Å²) >= 11 is 0. The predicted octanol–water partition coefficient (Wildman–Crippen LogP) is 0.664. The number of hydrogen-bond acceptors (Lipinski definition) is 5. The Hall–Kier alpha value is -0.940. The highest BCUT2D eigenvalue weighted by Gasteiger charge is 2.22. The zero-order valence-corrected chi connectivity index (χ0v) is 9.36. The van der Waals surface area contributed by atoms with Gasteiger partial charge < -0.3 is 15.4 Å². The number of nitrogens with two attached hydrogens (primary N) is 1. The molecule has 0 amide bonds. The van der Waals surface area contributed by atoms with Gasteiger partial charge >= 0.3 is 0 Å². The van der Waals surface area contributed by atoms with E-state index >= 15 is 0 Å². The Morgan fingerprint density at radius 3 is 2.87 bits per heavy atom. The molecule has 1 unspecified atom stereocenters. The van der Waals surface area contributed by atoms with E-state index in [1.54, 1.807) is 6.92 Å². The number of aliphatic hydroxyl groups is 1.